The number of nitrogens with one attached hydrogen (secondary N) is 1. The van der Waals surface area contributed by atoms with Crippen LogP contribution in [-0.4, -0.2) is 28.2 Å². The highest BCUT2D eigenvalue weighted by Gasteiger charge is 2.06. The van der Waals surface area contributed by atoms with E-state index in [0.717, 1.165) is 11.1 Å². The van der Waals surface area contributed by atoms with Crippen LogP contribution in [0.3, 0.4) is 0 Å². The van der Waals surface area contributed by atoms with Crippen molar-refractivity contribution < 1.29 is 9.47 Å². The number of nitrogen functional groups attached to an aromatic ring is 1. The molecule has 0 saturated carbocycles. The van der Waals surface area contributed by atoms with Crippen molar-refractivity contribution in [1.82, 2.24) is 14.9 Å². The number of hydrazone groups is 1. The number of aryl methyl sites for hydroxylation is 1. The third-order valence-corrected chi connectivity index (χ3v) is 3.99. The third-order valence-electron chi connectivity index (χ3n) is 3.74. The number of halogens is 1. The van der Waals surface area contributed by atoms with Crippen molar-refractivity contribution in [2.75, 3.05) is 18.4 Å². The van der Waals surface area contributed by atoms with Gasteiger partial charge in [-0.15, -0.1) is 10.2 Å². The number of hydrogen-bond donors (Lipinski definition) is 2. The van der Waals surface area contributed by atoms with Gasteiger partial charge in [0.25, 0.3) is 5.95 Å². The summed E-state index contributed by atoms with van der Waals surface area (Å²) >= 11 is 5.89. The number of rotatable bonds is 7. The molecule has 1 heterocycles. The van der Waals surface area contributed by atoms with E-state index in [-0.39, 0.29) is 0 Å². The number of ether oxygens (including phenoxy) is 2. The number of nitrogens with zero attached hydrogens (tertiary/aromatic N) is 4. The van der Waals surface area contributed by atoms with Crippen LogP contribution in [0.5, 0.6) is 11.5 Å². The van der Waals surface area contributed by atoms with Crippen LogP contribution < -0.4 is 20.7 Å². The summed E-state index contributed by atoms with van der Waals surface area (Å²) in [6.07, 6.45) is 1.62. The summed E-state index contributed by atoms with van der Waals surface area (Å²) in [6, 6.07) is 13.0. The van der Waals surface area contributed by atoms with Gasteiger partial charge in [-0.1, -0.05) is 23.7 Å². The number of aromatic nitrogens is 3. The number of methoxy groups -OCH3 is 1. The average molecular weight is 387 g/mol. The van der Waals surface area contributed by atoms with Crippen LogP contribution in [0.15, 0.2) is 47.6 Å². The van der Waals surface area contributed by atoms with E-state index in [1.165, 1.54) is 4.68 Å². The maximum Gasteiger partial charge on any atom is 0.263 e. The van der Waals surface area contributed by atoms with Gasteiger partial charge >= 0.3 is 0 Å². The van der Waals surface area contributed by atoms with Gasteiger partial charge < -0.3 is 15.3 Å². The summed E-state index contributed by atoms with van der Waals surface area (Å²) in [5.74, 6) is 7.91. The highest BCUT2D eigenvalue weighted by atomic mass is 35.5. The van der Waals surface area contributed by atoms with E-state index in [9.17, 15) is 0 Å². The van der Waals surface area contributed by atoms with Crippen LogP contribution >= 0.6 is 11.6 Å². The standard InChI is InChI=1S/C18H19ClN6O2/c1-12-22-24-18(25(12)20)23-21-10-14-5-8-16(17(9-14)26-2)27-11-13-3-6-15(19)7-4-13/h3-10H,11,20H2,1-2H3,(H,23,24). The van der Waals surface area contributed by atoms with Crippen LogP contribution in [-0.2, 0) is 6.61 Å². The molecule has 3 aromatic rings. The molecular formula is C18H19ClN6O2. The van der Waals surface area contributed by atoms with Crippen LogP contribution in [0.25, 0.3) is 0 Å². The number of hydrogen-bond acceptors (Lipinski definition) is 7. The topological polar surface area (TPSA) is 99.6 Å². The smallest absolute Gasteiger partial charge is 0.263 e. The lowest BCUT2D eigenvalue weighted by atomic mass is 10.2. The Labute approximate surface area is 161 Å². The Hall–Kier alpha value is -3.26. The Kier molecular flexibility index (Phi) is 5.77. The molecule has 0 saturated heterocycles. The van der Waals surface area contributed by atoms with E-state index in [2.05, 4.69) is 20.7 Å². The second-order valence-electron chi connectivity index (χ2n) is 5.64. The number of anilines is 1. The Bertz CT molecular complexity index is 940. The molecule has 1 aromatic heterocycles. The fraction of sp³-hybridized carbons (Fsp3) is 0.167. The van der Waals surface area contributed by atoms with E-state index in [4.69, 9.17) is 26.9 Å². The molecule has 0 amide bonds. The Morgan fingerprint density at radius 3 is 2.63 bits per heavy atom. The maximum atomic E-state index is 5.89. The van der Waals surface area contributed by atoms with Gasteiger partial charge in [-0.25, -0.2) is 10.1 Å². The van der Waals surface area contributed by atoms with Crippen LogP contribution in [0, 0.1) is 6.92 Å². The zero-order valence-corrected chi connectivity index (χ0v) is 15.6. The molecule has 27 heavy (non-hydrogen) atoms. The second-order valence-corrected chi connectivity index (χ2v) is 6.07. The largest absolute Gasteiger partial charge is 0.493 e. The summed E-state index contributed by atoms with van der Waals surface area (Å²) < 4.78 is 12.6. The summed E-state index contributed by atoms with van der Waals surface area (Å²) in [5, 5.41) is 12.5. The Morgan fingerprint density at radius 2 is 1.96 bits per heavy atom. The lowest BCUT2D eigenvalue weighted by molar-refractivity contribution is 0.284. The van der Waals surface area contributed by atoms with Gasteiger partial charge in [0, 0.05) is 5.02 Å². The molecule has 0 aliphatic rings. The fourth-order valence-corrected chi connectivity index (χ4v) is 2.36. The third kappa shape index (κ3) is 4.68. The monoisotopic (exact) mass is 386 g/mol. The molecule has 0 unspecified atom stereocenters. The average Bonchev–Trinajstić information content (AvgIpc) is 3.00. The van der Waals surface area contributed by atoms with Crippen molar-refractivity contribution in [2.24, 2.45) is 5.10 Å². The van der Waals surface area contributed by atoms with Gasteiger partial charge in [0.2, 0.25) is 0 Å². The molecule has 0 bridgehead atoms. The maximum absolute atomic E-state index is 5.89. The molecule has 0 atom stereocenters. The normalized spacial score (nSPS) is 10.9. The van der Waals surface area contributed by atoms with Crippen molar-refractivity contribution >= 4 is 23.8 Å². The molecular weight excluding hydrogens is 368 g/mol. The van der Waals surface area contributed by atoms with E-state index in [1.54, 1.807) is 20.2 Å². The van der Waals surface area contributed by atoms with Crippen LogP contribution in [0.2, 0.25) is 5.02 Å². The van der Waals surface area contributed by atoms with Gasteiger partial charge in [0.1, 0.15) is 6.61 Å². The molecule has 3 rings (SSSR count). The fourth-order valence-electron chi connectivity index (χ4n) is 2.24. The summed E-state index contributed by atoms with van der Waals surface area (Å²) in [6.45, 7) is 2.16. The lowest BCUT2D eigenvalue weighted by Gasteiger charge is -2.11. The predicted molar refractivity (Wildman–Crippen MR) is 105 cm³/mol. The second kappa shape index (κ2) is 8.41. The molecule has 0 aliphatic carbocycles. The Balaban J connectivity index is 1.65. The molecule has 0 radical (unpaired) electrons. The van der Waals surface area contributed by atoms with Crippen molar-refractivity contribution in [3.63, 3.8) is 0 Å². The first-order valence-electron chi connectivity index (χ1n) is 8.08. The summed E-state index contributed by atoms with van der Waals surface area (Å²) in [5.41, 5.74) is 4.57. The summed E-state index contributed by atoms with van der Waals surface area (Å²) in [7, 11) is 1.59. The first kappa shape index (κ1) is 18.5. The molecule has 0 fully saturated rings. The highest BCUT2D eigenvalue weighted by molar-refractivity contribution is 6.30. The molecule has 0 spiro atoms. The molecule has 140 valence electrons. The molecule has 2 aromatic carbocycles. The van der Waals surface area contributed by atoms with Crippen molar-refractivity contribution in [3.05, 3.63) is 64.4 Å². The SMILES string of the molecule is COc1cc(C=NNc2nnc(C)n2N)ccc1OCc1ccc(Cl)cc1. The van der Waals surface area contributed by atoms with Crippen molar-refractivity contribution in [2.45, 2.75) is 13.5 Å². The van der Waals surface area contributed by atoms with Crippen LogP contribution in [0.4, 0.5) is 5.95 Å². The van der Waals surface area contributed by atoms with E-state index < -0.39 is 0 Å². The van der Waals surface area contributed by atoms with Gasteiger partial charge in [-0.3, -0.25) is 0 Å². The van der Waals surface area contributed by atoms with Crippen LogP contribution in [0.1, 0.15) is 17.0 Å². The van der Waals surface area contributed by atoms with Crippen molar-refractivity contribution in [3.8, 4) is 11.5 Å². The highest BCUT2D eigenvalue weighted by Crippen LogP contribution is 2.28. The summed E-state index contributed by atoms with van der Waals surface area (Å²) in [4.78, 5) is 0. The lowest BCUT2D eigenvalue weighted by Crippen LogP contribution is -2.13. The zero-order chi connectivity index (χ0) is 19.2. The minimum Gasteiger partial charge on any atom is -0.493 e. The number of nitrogens with two attached hydrogens (primary N) is 1. The van der Waals surface area contributed by atoms with Gasteiger partial charge in [0.05, 0.1) is 13.3 Å². The quantitative estimate of drug-likeness (QED) is 0.368. The van der Waals surface area contributed by atoms with E-state index >= 15 is 0 Å². The first-order valence-corrected chi connectivity index (χ1v) is 8.46. The predicted octanol–water partition coefficient (Wildman–Crippen LogP) is 2.99. The number of benzene rings is 2. The van der Waals surface area contributed by atoms with E-state index in [0.29, 0.717) is 34.9 Å². The first-order chi connectivity index (χ1) is 13.1. The molecule has 0 aliphatic heterocycles. The molecule has 3 N–H and O–H groups in total. The van der Waals surface area contributed by atoms with Gasteiger partial charge in [0.15, 0.2) is 17.3 Å². The minimum absolute atomic E-state index is 0.346. The van der Waals surface area contributed by atoms with Gasteiger partial charge in [-0.2, -0.15) is 5.10 Å². The minimum atomic E-state index is 0.346. The van der Waals surface area contributed by atoms with Gasteiger partial charge in [-0.05, 0) is 48.4 Å². The Morgan fingerprint density at radius 1 is 1.19 bits per heavy atom. The molecule has 9 heteroatoms. The zero-order valence-electron chi connectivity index (χ0n) is 14.9. The van der Waals surface area contributed by atoms with Crippen molar-refractivity contribution in [1.29, 1.82) is 0 Å². The van der Waals surface area contributed by atoms with E-state index in [1.807, 2.05) is 42.5 Å². The molecule has 8 nitrogen and oxygen atoms in total.